The number of nitrogens with two attached hydrogens (primary N) is 1. The van der Waals surface area contributed by atoms with Crippen LogP contribution in [0, 0.1) is 18.6 Å². The van der Waals surface area contributed by atoms with Crippen molar-refractivity contribution in [1.82, 2.24) is 24.6 Å². The summed E-state index contributed by atoms with van der Waals surface area (Å²) in [5.41, 5.74) is 11.2. The average molecular weight is 587 g/mol. The van der Waals surface area contributed by atoms with Crippen molar-refractivity contribution in [3.63, 3.8) is 0 Å². The van der Waals surface area contributed by atoms with E-state index in [0.29, 0.717) is 49.2 Å². The van der Waals surface area contributed by atoms with Crippen LogP contribution < -0.4 is 10.5 Å². The fourth-order valence-corrected chi connectivity index (χ4v) is 5.80. The van der Waals surface area contributed by atoms with Gasteiger partial charge in [0.2, 0.25) is 17.4 Å². The molecule has 2 aliphatic rings. The molecule has 0 bridgehead atoms. The van der Waals surface area contributed by atoms with Gasteiger partial charge in [-0.25, -0.2) is 18.4 Å². The summed E-state index contributed by atoms with van der Waals surface area (Å²) in [5, 5.41) is 15.2. The first-order valence-corrected chi connectivity index (χ1v) is 13.9. The molecule has 1 saturated heterocycles. The number of benzene rings is 2. The van der Waals surface area contributed by atoms with Crippen LogP contribution in [0.4, 0.5) is 14.6 Å². The molecule has 220 valence electrons. The molecule has 3 aromatic heterocycles. The number of aryl methyl sites for hydroxylation is 1. The molecule has 1 atom stereocenters. The largest absolute Gasteiger partial charge is 0.433 e. The molecule has 10 nitrogen and oxygen atoms in total. The minimum atomic E-state index is -0.847. The highest BCUT2D eigenvalue weighted by Gasteiger charge is 2.35. The number of pyridine rings is 1. The fourth-order valence-electron chi connectivity index (χ4n) is 5.80. The second-order valence-corrected chi connectivity index (χ2v) is 10.9. The molecule has 0 aliphatic carbocycles. The number of hydrogen-bond donors (Lipinski definition) is 3. The number of aliphatic hydroxyl groups is 1. The van der Waals surface area contributed by atoms with Gasteiger partial charge in [-0.15, -0.1) is 0 Å². The van der Waals surface area contributed by atoms with Crippen molar-refractivity contribution < 1.29 is 28.2 Å². The standard InChI is InChI=1S/C31H28F2N6O4/c1-16-5-28(43-30-23(32)3-2-4-24(30)33)35-11-27(16)39-31(34)22(10-36-39)29(41)26-9-18-6-19-12-38(21-14-42-15-21)20(13-40)7-17(19)8-25(18)37-26/h2-6,8-11,20-21,37,40H,7,12-15,34H2,1H3. The number of nitrogens with zero attached hydrogens (tertiary/aromatic N) is 4. The number of halogens is 2. The van der Waals surface area contributed by atoms with Crippen molar-refractivity contribution in [3.05, 3.63) is 94.4 Å². The summed E-state index contributed by atoms with van der Waals surface area (Å²) in [7, 11) is 0. The van der Waals surface area contributed by atoms with Gasteiger partial charge < -0.3 is 25.3 Å². The third kappa shape index (κ3) is 4.73. The molecule has 0 saturated carbocycles. The van der Waals surface area contributed by atoms with Crippen LogP contribution in [0.15, 0.2) is 54.9 Å². The minimum absolute atomic E-state index is 0.0116. The van der Waals surface area contributed by atoms with Crippen molar-refractivity contribution in [2.24, 2.45) is 0 Å². The quantitative estimate of drug-likeness (QED) is 0.244. The van der Waals surface area contributed by atoms with E-state index in [-0.39, 0.29) is 35.7 Å². The number of rotatable bonds is 7. The summed E-state index contributed by atoms with van der Waals surface area (Å²) in [4.78, 5) is 23.3. The minimum Gasteiger partial charge on any atom is -0.433 e. The molecule has 2 aliphatic heterocycles. The molecule has 12 heteroatoms. The molecule has 7 rings (SSSR count). The number of aromatic amines is 1. The lowest BCUT2D eigenvalue weighted by molar-refractivity contribution is -0.0921. The lowest BCUT2D eigenvalue weighted by Gasteiger charge is -2.44. The van der Waals surface area contributed by atoms with Gasteiger partial charge in [0.15, 0.2) is 11.6 Å². The molecule has 1 unspecified atom stereocenters. The average Bonchev–Trinajstić information content (AvgIpc) is 3.55. The van der Waals surface area contributed by atoms with Crippen LogP contribution in [0.3, 0.4) is 0 Å². The molecule has 1 fully saturated rings. The van der Waals surface area contributed by atoms with Crippen molar-refractivity contribution >= 4 is 22.5 Å². The van der Waals surface area contributed by atoms with Crippen molar-refractivity contribution in [2.75, 3.05) is 25.6 Å². The van der Waals surface area contributed by atoms with Crippen molar-refractivity contribution in [3.8, 4) is 17.3 Å². The van der Waals surface area contributed by atoms with Crippen LogP contribution in [0.5, 0.6) is 11.6 Å². The molecular weight excluding hydrogens is 558 g/mol. The van der Waals surface area contributed by atoms with Crippen LogP contribution in [0.25, 0.3) is 16.6 Å². The summed E-state index contributed by atoms with van der Waals surface area (Å²) in [5.74, 6) is -2.46. The summed E-state index contributed by atoms with van der Waals surface area (Å²) in [6.07, 6.45) is 3.52. The lowest BCUT2D eigenvalue weighted by Crippen LogP contribution is -2.56. The van der Waals surface area contributed by atoms with Crippen LogP contribution >= 0.6 is 0 Å². The van der Waals surface area contributed by atoms with Crippen LogP contribution in [-0.2, 0) is 17.7 Å². The van der Waals surface area contributed by atoms with E-state index in [0.717, 1.165) is 28.6 Å². The molecule has 0 amide bonds. The number of hydrogen-bond acceptors (Lipinski definition) is 8. The van der Waals surface area contributed by atoms with Gasteiger partial charge in [-0.2, -0.15) is 5.10 Å². The SMILES string of the molecule is Cc1cc(Oc2c(F)cccc2F)ncc1-n1ncc(C(=O)c2cc3cc4c(cc3[nH]2)CC(CO)N(C2COC2)C4)c1N. The number of aliphatic hydroxyl groups excluding tert-OH is 1. The third-order valence-electron chi connectivity index (χ3n) is 8.23. The van der Waals surface area contributed by atoms with Crippen molar-refractivity contribution in [1.29, 1.82) is 0 Å². The number of fused-ring (bicyclic) bond motifs is 2. The molecule has 5 aromatic rings. The highest BCUT2D eigenvalue weighted by molar-refractivity contribution is 6.12. The number of nitrogen functional groups attached to an aromatic ring is 1. The Balaban J connectivity index is 1.14. The number of anilines is 1. The maximum Gasteiger partial charge on any atom is 0.219 e. The van der Waals surface area contributed by atoms with E-state index in [1.165, 1.54) is 34.8 Å². The number of carbonyl (C=O) groups excluding carboxylic acids is 1. The number of H-pyrrole nitrogens is 1. The molecular formula is C31H28F2N6O4. The van der Waals surface area contributed by atoms with Gasteiger partial charge in [-0.05, 0) is 60.4 Å². The van der Waals surface area contributed by atoms with Crippen LogP contribution in [0.1, 0.15) is 32.7 Å². The zero-order valence-corrected chi connectivity index (χ0v) is 23.2. The molecule has 0 spiro atoms. The topological polar surface area (TPSA) is 132 Å². The Bertz CT molecular complexity index is 1860. The summed E-state index contributed by atoms with van der Waals surface area (Å²) in [6.45, 7) is 3.87. The first-order valence-electron chi connectivity index (χ1n) is 13.9. The van der Waals surface area contributed by atoms with Gasteiger partial charge in [-0.1, -0.05) is 6.07 Å². The number of ether oxygens (including phenoxy) is 2. The number of aromatic nitrogens is 4. The second-order valence-electron chi connectivity index (χ2n) is 10.9. The number of para-hydroxylation sites is 1. The maximum absolute atomic E-state index is 14.0. The Morgan fingerprint density at radius 3 is 2.65 bits per heavy atom. The van der Waals surface area contributed by atoms with Crippen LogP contribution in [0.2, 0.25) is 0 Å². The molecule has 5 heterocycles. The Labute approximate surface area is 244 Å². The van der Waals surface area contributed by atoms with E-state index < -0.39 is 17.4 Å². The highest BCUT2D eigenvalue weighted by Crippen LogP contribution is 2.32. The maximum atomic E-state index is 14.0. The van der Waals surface area contributed by atoms with Gasteiger partial charge in [0.1, 0.15) is 5.82 Å². The van der Waals surface area contributed by atoms with Crippen LogP contribution in [-0.4, -0.2) is 67.4 Å². The molecule has 0 radical (unpaired) electrons. The zero-order chi connectivity index (χ0) is 29.8. The van der Waals surface area contributed by atoms with Gasteiger partial charge >= 0.3 is 0 Å². The predicted molar refractivity (Wildman–Crippen MR) is 153 cm³/mol. The van der Waals surface area contributed by atoms with E-state index in [1.54, 1.807) is 6.92 Å². The summed E-state index contributed by atoms with van der Waals surface area (Å²) >= 11 is 0. The summed E-state index contributed by atoms with van der Waals surface area (Å²) < 4.78 is 40.1. The first-order chi connectivity index (χ1) is 20.8. The van der Waals surface area contributed by atoms with Gasteiger partial charge in [0.05, 0.1) is 55.2 Å². The van der Waals surface area contributed by atoms with Gasteiger partial charge in [-0.3, -0.25) is 9.69 Å². The Hall–Kier alpha value is -4.65. The lowest BCUT2D eigenvalue weighted by atomic mass is 9.91. The van der Waals surface area contributed by atoms with Crippen molar-refractivity contribution in [2.45, 2.75) is 32.0 Å². The Morgan fingerprint density at radius 1 is 1.16 bits per heavy atom. The van der Waals surface area contributed by atoms with E-state index in [9.17, 15) is 18.7 Å². The summed E-state index contributed by atoms with van der Waals surface area (Å²) in [6, 6.07) is 11.2. The van der Waals surface area contributed by atoms with E-state index in [4.69, 9.17) is 15.2 Å². The predicted octanol–water partition coefficient (Wildman–Crippen LogP) is 4.06. The number of nitrogens with one attached hydrogen (secondary N) is 1. The zero-order valence-electron chi connectivity index (χ0n) is 23.2. The highest BCUT2D eigenvalue weighted by atomic mass is 19.1. The third-order valence-corrected chi connectivity index (χ3v) is 8.23. The van der Waals surface area contributed by atoms with E-state index in [2.05, 4.69) is 32.1 Å². The van der Waals surface area contributed by atoms with E-state index in [1.807, 2.05) is 6.07 Å². The Kier molecular flexibility index (Phi) is 6.68. The monoisotopic (exact) mass is 586 g/mol. The Morgan fingerprint density at radius 2 is 1.95 bits per heavy atom. The molecule has 2 aromatic carbocycles. The van der Waals surface area contributed by atoms with Gasteiger partial charge in [0.25, 0.3) is 0 Å². The molecule has 43 heavy (non-hydrogen) atoms. The number of ketones is 1. The fraction of sp³-hybridized carbons (Fsp3) is 0.258. The molecule has 4 N–H and O–H groups in total. The first kappa shape index (κ1) is 27.2. The normalized spacial score (nSPS) is 17.2. The van der Waals surface area contributed by atoms with E-state index >= 15 is 0 Å². The number of carbonyl (C=O) groups is 1. The smallest absolute Gasteiger partial charge is 0.219 e. The van der Waals surface area contributed by atoms with Gasteiger partial charge in [0, 0.05) is 29.6 Å². The second kappa shape index (κ2) is 10.6.